The molecule has 3 aromatic rings. The molecule has 1 amide bonds. The summed E-state index contributed by atoms with van der Waals surface area (Å²) in [6.07, 6.45) is -0.805. The number of aliphatic carboxylic acids is 1. The van der Waals surface area contributed by atoms with Gasteiger partial charge in [0.05, 0.1) is 0 Å². The maximum absolute atomic E-state index is 12.4. The van der Waals surface area contributed by atoms with Gasteiger partial charge in [0.1, 0.15) is 6.61 Å². The number of nitrogens with one attached hydrogen (secondary N) is 1. The lowest BCUT2D eigenvalue weighted by Gasteiger charge is -2.18. The molecule has 0 saturated heterocycles. The van der Waals surface area contributed by atoms with E-state index in [2.05, 4.69) is 21.2 Å². The average molecular weight is 487 g/mol. The van der Waals surface area contributed by atoms with Crippen LogP contribution in [0.4, 0.5) is 4.79 Å². The summed E-state index contributed by atoms with van der Waals surface area (Å²) in [5.74, 6) is -1.32. The first-order valence-electron chi connectivity index (χ1n) is 9.24. The number of amides is 1. The highest BCUT2D eigenvalue weighted by atomic mass is 79.9. The third-order valence-corrected chi connectivity index (χ3v) is 5.75. The number of benzene rings is 3. The molecule has 1 aliphatic rings. The lowest BCUT2D eigenvalue weighted by atomic mass is 9.98. The van der Waals surface area contributed by atoms with Crippen molar-refractivity contribution in [2.75, 3.05) is 6.61 Å². The Bertz CT molecular complexity index is 1070. The van der Waals surface area contributed by atoms with Crippen LogP contribution in [0.25, 0.3) is 11.1 Å². The number of ether oxygens (including phenoxy) is 1. The van der Waals surface area contributed by atoms with Gasteiger partial charge in [0.2, 0.25) is 0 Å². The quantitative estimate of drug-likeness (QED) is 0.480. The smallest absolute Gasteiger partial charge is 0.408 e. The maximum Gasteiger partial charge on any atom is 0.408 e. The fourth-order valence-corrected chi connectivity index (χ4v) is 4.67. The van der Waals surface area contributed by atoms with Gasteiger partial charge in [0.25, 0.3) is 0 Å². The van der Waals surface area contributed by atoms with E-state index in [9.17, 15) is 14.7 Å². The molecule has 0 aliphatic heterocycles. The maximum atomic E-state index is 12.4. The highest BCUT2D eigenvalue weighted by molar-refractivity contribution is 9.10. The standard InChI is InChI=1S/C23H17BrClNO4/c24-14-9-13(10-15(25)11-14)21(22(27)28)26-23(29)30-12-20-18-7-3-1-5-16(18)17-6-2-4-8-19(17)20/h1-11,20-21H,12H2,(H,26,29)(H,27,28). The molecule has 30 heavy (non-hydrogen) atoms. The van der Waals surface area contributed by atoms with E-state index in [1.807, 2.05) is 48.5 Å². The van der Waals surface area contributed by atoms with E-state index in [-0.39, 0.29) is 12.5 Å². The number of alkyl carbamates (subject to hydrolysis) is 1. The first kappa shape index (κ1) is 20.4. The molecular weight excluding hydrogens is 470 g/mol. The molecule has 5 nitrogen and oxygen atoms in total. The van der Waals surface area contributed by atoms with E-state index in [0.717, 1.165) is 22.3 Å². The monoisotopic (exact) mass is 485 g/mol. The van der Waals surface area contributed by atoms with Gasteiger partial charge in [-0.3, -0.25) is 0 Å². The average Bonchev–Trinajstić information content (AvgIpc) is 3.03. The van der Waals surface area contributed by atoms with Gasteiger partial charge in [-0.1, -0.05) is 76.1 Å². The molecule has 0 spiro atoms. The Morgan fingerprint density at radius 1 is 1.03 bits per heavy atom. The van der Waals surface area contributed by atoms with Crippen LogP contribution >= 0.6 is 27.5 Å². The van der Waals surface area contributed by atoms with Gasteiger partial charge >= 0.3 is 12.1 Å². The van der Waals surface area contributed by atoms with E-state index >= 15 is 0 Å². The molecule has 0 fully saturated rings. The Morgan fingerprint density at radius 2 is 1.63 bits per heavy atom. The fraction of sp³-hybridized carbons (Fsp3) is 0.130. The molecule has 4 rings (SSSR count). The minimum absolute atomic E-state index is 0.103. The van der Waals surface area contributed by atoms with E-state index in [1.165, 1.54) is 6.07 Å². The number of carbonyl (C=O) groups excluding carboxylic acids is 1. The molecule has 0 saturated carbocycles. The second-order valence-electron chi connectivity index (χ2n) is 6.94. The SMILES string of the molecule is O=C(NC(C(=O)O)c1cc(Cl)cc(Br)c1)OCC1c2ccccc2-c2ccccc21. The van der Waals surface area contributed by atoms with Crippen LogP contribution in [-0.4, -0.2) is 23.8 Å². The zero-order valence-corrected chi connectivity index (χ0v) is 18.0. The predicted octanol–water partition coefficient (Wildman–Crippen LogP) is 5.77. The van der Waals surface area contributed by atoms with Crippen LogP contribution in [-0.2, 0) is 9.53 Å². The summed E-state index contributed by atoms with van der Waals surface area (Å²) in [4.78, 5) is 24.2. The molecule has 0 heterocycles. The number of hydrogen-bond donors (Lipinski definition) is 2. The van der Waals surface area contributed by atoms with Crippen molar-refractivity contribution < 1.29 is 19.4 Å². The Labute approximate surface area is 186 Å². The number of carboxylic acid groups (broad SMARTS) is 1. The van der Waals surface area contributed by atoms with Crippen LogP contribution < -0.4 is 5.32 Å². The first-order chi connectivity index (χ1) is 14.4. The Balaban J connectivity index is 1.50. The number of halogens is 2. The highest BCUT2D eigenvalue weighted by Gasteiger charge is 2.30. The van der Waals surface area contributed by atoms with Crippen LogP contribution in [0.5, 0.6) is 0 Å². The molecule has 1 aliphatic carbocycles. The van der Waals surface area contributed by atoms with Crippen LogP contribution in [0.15, 0.2) is 71.2 Å². The minimum atomic E-state index is -1.28. The summed E-state index contributed by atoms with van der Waals surface area (Å²) in [6.45, 7) is 0.103. The molecule has 0 bridgehead atoms. The van der Waals surface area contributed by atoms with Crippen molar-refractivity contribution in [2.45, 2.75) is 12.0 Å². The van der Waals surface area contributed by atoms with E-state index in [4.69, 9.17) is 16.3 Å². The van der Waals surface area contributed by atoms with Crippen molar-refractivity contribution in [3.8, 4) is 11.1 Å². The van der Waals surface area contributed by atoms with E-state index < -0.39 is 18.1 Å². The van der Waals surface area contributed by atoms with E-state index in [0.29, 0.717) is 15.1 Å². The zero-order valence-electron chi connectivity index (χ0n) is 15.6. The van der Waals surface area contributed by atoms with E-state index in [1.54, 1.807) is 12.1 Å². The van der Waals surface area contributed by atoms with Gasteiger partial charge in [0.15, 0.2) is 6.04 Å². The normalized spacial score (nSPS) is 13.3. The van der Waals surface area contributed by atoms with Crippen molar-refractivity contribution in [2.24, 2.45) is 0 Å². The Hall–Kier alpha value is -2.83. The molecule has 2 N–H and O–H groups in total. The Kier molecular flexibility index (Phi) is 5.79. The van der Waals surface area contributed by atoms with Crippen molar-refractivity contribution in [1.82, 2.24) is 5.32 Å². The lowest BCUT2D eigenvalue weighted by Crippen LogP contribution is -2.34. The molecule has 7 heteroatoms. The predicted molar refractivity (Wildman–Crippen MR) is 118 cm³/mol. The number of hydrogen-bond acceptors (Lipinski definition) is 3. The first-order valence-corrected chi connectivity index (χ1v) is 10.4. The van der Waals surface area contributed by atoms with Crippen molar-refractivity contribution >= 4 is 39.6 Å². The fourth-order valence-electron chi connectivity index (χ4n) is 3.79. The number of rotatable bonds is 5. The molecule has 0 aromatic heterocycles. The number of carboxylic acids is 1. The molecular formula is C23H17BrClNO4. The van der Waals surface area contributed by atoms with Crippen LogP contribution in [0, 0.1) is 0 Å². The van der Waals surface area contributed by atoms with Crippen molar-refractivity contribution in [3.05, 3.63) is 92.9 Å². The molecule has 0 radical (unpaired) electrons. The number of fused-ring (bicyclic) bond motifs is 3. The van der Waals surface area contributed by atoms with Crippen LogP contribution in [0.1, 0.15) is 28.7 Å². The summed E-state index contributed by atoms with van der Waals surface area (Å²) < 4.78 is 6.06. The van der Waals surface area contributed by atoms with Crippen LogP contribution in [0.3, 0.4) is 0 Å². The van der Waals surface area contributed by atoms with Gasteiger partial charge in [-0.15, -0.1) is 0 Å². The third kappa shape index (κ3) is 4.06. The highest BCUT2D eigenvalue weighted by Crippen LogP contribution is 2.44. The summed E-state index contributed by atoms with van der Waals surface area (Å²) in [5, 5.41) is 12.3. The summed E-state index contributed by atoms with van der Waals surface area (Å²) >= 11 is 9.29. The molecule has 3 aromatic carbocycles. The third-order valence-electron chi connectivity index (χ3n) is 5.07. The topological polar surface area (TPSA) is 75.6 Å². The van der Waals surface area contributed by atoms with Gasteiger partial charge in [-0.25, -0.2) is 9.59 Å². The van der Waals surface area contributed by atoms with Gasteiger partial charge in [-0.2, -0.15) is 0 Å². The largest absolute Gasteiger partial charge is 0.479 e. The molecule has 1 atom stereocenters. The summed E-state index contributed by atoms with van der Waals surface area (Å²) in [5.41, 5.74) is 4.75. The second kappa shape index (κ2) is 8.50. The van der Waals surface area contributed by atoms with Crippen molar-refractivity contribution in [3.63, 3.8) is 0 Å². The van der Waals surface area contributed by atoms with Crippen molar-refractivity contribution in [1.29, 1.82) is 0 Å². The summed E-state index contributed by atoms with van der Waals surface area (Å²) in [7, 11) is 0. The minimum Gasteiger partial charge on any atom is -0.479 e. The Morgan fingerprint density at radius 3 is 2.20 bits per heavy atom. The molecule has 1 unspecified atom stereocenters. The zero-order chi connectivity index (χ0) is 21.3. The van der Waals surface area contributed by atoms with Crippen LogP contribution in [0.2, 0.25) is 5.02 Å². The van der Waals surface area contributed by atoms with Gasteiger partial charge in [-0.05, 0) is 46.0 Å². The summed E-state index contributed by atoms with van der Waals surface area (Å²) in [6, 6.07) is 19.4. The van der Waals surface area contributed by atoms with Gasteiger partial charge in [0, 0.05) is 15.4 Å². The lowest BCUT2D eigenvalue weighted by molar-refractivity contribution is -0.139. The van der Waals surface area contributed by atoms with Gasteiger partial charge < -0.3 is 15.2 Å². The molecule has 152 valence electrons. The number of carbonyl (C=O) groups is 2. The second-order valence-corrected chi connectivity index (χ2v) is 8.30.